The number of hydrogen-bond acceptors (Lipinski definition) is 6. The van der Waals surface area contributed by atoms with Crippen LogP contribution in [0.4, 0.5) is 14.5 Å². The first-order valence-corrected chi connectivity index (χ1v) is 10.8. The van der Waals surface area contributed by atoms with Crippen LogP contribution in [-0.2, 0) is 11.3 Å². The SMILES string of the molecule is CSc1nc(CN2CCCN(CC(=O)Nc3ccc(F)cc3F)CC2)ccc1C#N. The molecular formula is C21H23F2N5OS. The molecule has 0 aliphatic carbocycles. The molecule has 1 amide bonds. The summed E-state index contributed by atoms with van der Waals surface area (Å²) in [6.45, 7) is 3.93. The predicted molar refractivity (Wildman–Crippen MR) is 112 cm³/mol. The summed E-state index contributed by atoms with van der Waals surface area (Å²) in [5.74, 6) is -1.79. The number of rotatable bonds is 6. The summed E-state index contributed by atoms with van der Waals surface area (Å²) < 4.78 is 26.7. The summed E-state index contributed by atoms with van der Waals surface area (Å²) in [4.78, 5) is 21.1. The van der Waals surface area contributed by atoms with Crippen LogP contribution in [0.25, 0.3) is 0 Å². The number of carbonyl (C=O) groups is 1. The molecule has 30 heavy (non-hydrogen) atoms. The number of halogens is 2. The maximum Gasteiger partial charge on any atom is 0.238 e. The molecular weight excluding hydrogens is 408 g/mol. The molecule has 1 aromatic carbocycles. The molecule has 1 aliphatic heterocycles. The average molecular weight is 432 g/mol. The molecule has 1 aliphatic rings. The zero-order valence-corrected chi connectivity index (χ0v) is 17.5. The Hall–Kier alpha value is -2.54. The van der Waals surface area contributed by atoms with Crippen LogP contribution in [0.2, 0.25) is 0 Å². The van der Waals surface area contributed by atoms with Crippen molar-refractivity contribution in [1.29, 1.82) is 5.26 Å². The smallest absolute Gasteiger partial charge is 0.238 e. The molecule has 0 bridgehead atoms. The van der Waals surface area contributed by atoms with Gasteiger partial charge in [0.25, 0.3) is 0 Å². The van der Waals surface area contributed by atoms with Gasteiger partial charge in [-0.3, -0.25) is 14.6 Å². The van der Waals surface area contributed by atoms with Crippen molar-refractivity contribution in [2.24, 2.45) is 0 Å². The molecule has 1 aromatic heterocycles. The third kappa shape index (κ3) is 5.98. The predicted octanol–water partition coefficient (Wildman–Crippen LogP) is 3.10. The first-order valence-electron chi connectivity index (χ1n) is 9.62. The Morgan fingerprint density at radius 3 is 2.70 bits per heavy atom. The minimum absolute atomic E-state index is 0.0191. The van der Waals surface area contributed by atoms with Crippen LogP contribution in [0.15, 0.2) is 35.4 Å². The number of carbonyl (C=O) groups excluding carboxylic acids is 1. The molecule has 6 nitrogen and oxygen atoms in total. The second kappa shape index (κ2) is 10.5. The Morgan fingerprint density at radius 1 is 1.20 bits per heavy atom. The van der Waals surface area contributed by atoms with E-state index in [2.05, 4.69) is 21.3 Å². The van der Waals surface area contributed by atoms with Crippen molar-refractivity contribution in [2.75, 3.05) is 44.3 Å². The highest BCUT2D eigenvalue weighted by molar-refractivity contribution is 7.98. The van der Waals surface area contributed by atoms with Gasteiger partial charge < -0.3 is 5.32 Å². The van der Waals surface area contributed by atoms with Crippen LogP contribution in [-0.4, -0.2) is 59.7 Å². The molecule has 0 radical (unpaired) electrons. The summed E-state index contributed by atoms with van der Waals surface area (Å²) >= 11 is 1.46. The maximum absolute atomic E-state index is 13.7. The monoisotopic (exact) mass is 431 g/mol. The minimum atomic E-state index is -0.787. The molecule has 0 atom stereocenters. The second-order valence-corrected chi connectivity index (χ2v) is 7.84. The Kier molecular flexibility index (Phi) is 7.74. The lowest BCUT2D eigenvalue weighted by Crippen LogP contribution is -2.36. The van der Waals surface area contributed by atoms with Gasteiger partial charge in [0.05, 0.1) is 23.5 Å². The standard InChI is InChI=1S/C21H23F2N5OS/c1-30-21-15(12-24)3-5-17(25-21)13-27-7-2-8-28(10-9-27)14-20(29)26-19-6-4-16(22)11-18(19)23/h3-6,11H,2,7-10,13-14H2,1H3,(H,26,29). The van der Waals surface area contributed by atoms with E-state index in [1.165, 1.54) is 17.8 Å². The van der Waals surface area contributed by atoms with Gasteiger partial charge in [0.15, 0.2) is 0 Å². The van der Waals surface area contributed by atoms with E-state index in [0.717, 1.165) is 48.9 Å². The lowest BCUT2D eigenvalue weighted by atomic mass is 10.2. The van der Waals surface area contributed by atoms with Crippen molar-refractivity contribution >= 4 is 23.4 Å². The zero-order chi connectivity index (χ0) is 21.5. The Balaban J connectivity index is 1.52. The van der Waals surface area contributed by atoms with Crippen LogP contribution >= 0.6 is 11.8 Å². The highest BCUT2D eigenvalue weighted by Gasteiger charge is 2.19. The molecule has 9 heteroatoms. The van der Waals surface area contributed by atoms with Crippen molar-refractivity contribution in [3.8, 4) is 6.07 Å². The van der Waals surface area contributed by atoms with Gasteiger partial charge in [-0.15, -0.1) is 11.8 Å². The number of hydrogen-bond donors (Lipinski definition) is 1. The molecule has 0 saturated carbocycles. The Morgan fingerprint density at radius 2 is 1.97 bits per heavy atom. The molecule has 0 spiro atoms. The van der Waals surface area contributed by atoms with E-state index in [1.54, 1.807) is 6.07 Å². The lowest BCUT2D eigenvalue weighted by Gasteiger charge is -2.21. The topological polar surface area (TPSA) is 72.3 Å². The van der Waals surface area contributed by atoms with Crippen molar-refractivity contribution in [2.45, 2.75) is 18.0 Å². The number of aromatic nitrogens is 1. The number of nitriles is 1. The van der Waals surface area contributed by atoms with E-state index in [0.29, 0.717) is 18.7 Å². The summed E-state index contributed by atoms with van der Waals surface area (Å²) in [6, 6.07) is 8.92. The van der Waals surface area contributed by atoms with Crippen LogP contribution in [0.3, 0.4) is 0 Å². The zero-order valence-electron chi connectivity index (χ0n) is 16.7. The fourth-order valence-corrected chi connectivity index (χ4v) is 3.90. The van der Waals surface area contributed by atoms with Gasteiger partial charge in [0.1, 0.15) is 22.7 Å². The lowest BCUT2D eigenvalue weighted by molar-refractivity contribution is -0.117. The van der Waals surface area contributed by atoms with Gasteiger partial charge in [0.2, 0.25) is 5.91 Å². The highest BCUT2D eigenvalue weighted by atomic mass is 32.2. The summed E-state index contributed by atoms with van der Waals surface area (Å²) in [7, 11) is 0. The second-order valence-electron chi connectivity index (χ2n) is 7.05. The van der Waals surface area contributed by atoms with Crippen LogP contribution in [0.5, 0.6) is 0 Å². The first kappa shape index (κ1) is 22.2. The van der Waals surface area contributed by atoms with Crippen LogP contribution in [0.1, 0.15) is 17.7 Å². The number of thioether (sulfide) groups is 1. The molecule has 0 unspecified atom stereocenters. The summed E-state index contributed by atoms with van der Waals surface area (Å²) in [5.41, 5.74) is 1.47. The largest absolute Gasteiger partial charge is 0.322 e. The van der Waals surface area contributed by atoms with E-state index >= 15 is 0 Å². The van der Waals surface area contributed by atoms with Crippen LogP contribution in [0, 0.1) is 23.0 Å². The maximum atomic E-state index is 13.7. The quantitative estimate of drug-likeness (QED) is 0.709. The van der Waals surface area contributed by atoms with E-state index < -0.39 is 11.6 Å². The van der Waals surface area contributed by atoms with Crippen molar-refractivity contribution < 1.29 is 13.6 Å². The number of nitrogens with one attached hydrogen (secondary N) is 1. The van der Waals surface area contributed by atoms with Crippen molar-refractivity contribution in [3.05, 3.63) is 53.2 Å². The molecule has 3 rings (SSSR count). The molecule has 1 fully saturated rings. The minimum Gasteiger partial charge on any atom is -0.322 e. The van der Waals surface area contributed by atoms with E-state index in [1.807, 2.05) is 17.2 Å². The normalized spacial score (nSPS) is 15.4. The highest BCUT2D eigenvalue weighted by Crippen LogP contribution is 2.19. The fourth-order valence-electron chi connectivity index (χ4n) is 3.36. The number of nitrogens with zero attached hydrogens (tertiary/aromatic N) is 4. The fraction of sp³-hybridized carbons (Fsp3) is 0.381. The average Bonchev–Trinajstić information content (AvgIpc) is 2.95. The summed E-state index contributed by atoms with van der Waals surface area (Å²) in [6.07, 6.45) is 2.80. The molecule has 1 saturated heterocycles. The third-order valence-electron chi connectivity index (χ3n) is 4.87. The summed E-state index contributed by atoms with van der Waals surface area (Å²) in [5, 5.41) is 12.4. The van der Waals surface area contributed by atoms with E-state index in [4.69, 9.17) is 5.26 Å². The van der Waals surface area contributed by atoms with Gasteiger partial charge in [-0.05, 0) is 50.0 Å². The molecule has 2 heterocycles. The van der Waals surface area contributed by atoms with Gasteiger partial charge in [-0.1, -0.05) is 0 Å². The van der Waals surface area contributed by atoms with E-state index in [9.17, 15) is 13.6 Å². The third-order valence-corrected chi connectivity index (χ3v) is 5.57. The number of benzene rings is 1. The van der Waals surface area contributed by atoms with Crippen LogP contribution < -0.4 is 5.32 Å². The number of pyridine rings is 1. The Bertz CT molecular complexity index is 949. The van der Waals surface area contributed by atoms with Gasteiger partial charge in [-0.25, -0.2) is 13.8 Å². The number of anilines is 1. The van der Waals surface area contributed by atoms with Gasteiger partial charge >= 0.3 is 0 Å². The van der Waals surface area contributed by atoms with Gasteiger partial charge in [-0.2, -0.15) is 5.26 Å². The first-order chi connectivity index (χ1) is 14.5. The molecule has 1 N–H and O–H groups in total. The molecule has 158 valence electrons. The van der Waals surface area contributed by atoms with E-state index in [-0.39, 0.29) is 18.1 Å². The van der Waals surface area contributed by atoms with Gasteiger partial charge in [0, 0.05) is 25.7 Å². The van der Waals surface area contributed by atoms with Crippen molar-refractivity contribution in [1.82, 2.24) is 14.8 Å². The number of amides is 1. The van der Waals surface area contributed by atoms with Crippen molar-refractivity contribution in [3.63, 3.8) is 0 Å². The molecule has 2 aromatic rings. The Labute approximate surface area is 178 Å².